The second kappa shape index (κ2) is 10.9. The summed E-state index contributed by atoms with van der Waals surface area (Å²) in [4.78, 5) is 12.3. The summed E-state index contributed by atoms with van der Waals surface area (Å²) in [5.41, 5.74) is 4.65. The van der Waals surface area contributed by atoms with E-state index in [9.17, 15) is 15.0 Å². The normalized spacial score (nSPS) is 33.1. The number of carbonyl (C=O) groups is 1. The van der Waals surface area contributed by atoms with Crippen LogP contribution in [-0.4, -0.2) is 47.6 Å². The number of nitrogens with one attached hydrogen (secondary N) is 1. The van der Waals surface area contributed by atoms with E-state index in [0.717, 1.165) is 43.3 Å². The first-order valence-electron chi connectivity index (χ1n) is 12.9. The van der Waals surface area contributed by atoms with E-state index in [2.05, 4.69) is 64.7 Å². The van der Waals surface area contributed by atoms with Crippen LogP contribution in [-0.2, 0) is 9.53 Å². The van der Waals surface area contributed by atoms with Crippen LogP contribution >= 0.6 is 0 Å². The molecule has 0 aliphatic heterocycles. The maximum absolute atomic E-state index is 12.3. The fourth-order valence-corrected chi connectivity index (χ4v) is 5.87. The predicted molar refractivity (Wildman–Crippen MR) is 137 cm³/mol. The third-order valence-electron chi connectivity index (χ3n) is 7.97. The second-order valence-corrected chi connectivity index (χ2v) is 11.9. The van der Waals surface area contributed by atoms with E-state index in [0.29, 0.717) is 25.3 Å². The molecule has 0 saturated heterocycles. The molecule has 0 aromatic carbocycles. The van der Waals surface area contributed by atoms with Crippen LogP contribution in [0.3, 0.4) is 0 Å². The lowest BCUT2D eigenvalue weighted by atomic mass is 9.63. The Morgan fingerprint density at radius 2 is 2.09 bits per heavy atom. The Bertz CT molecular complexity index is 862. The van der Waals surface area contributed by atoms with Gasteiger partial charge in [0.05, 0.1) is 18.3 Å². The zero-order chi connectivity index (χ0) is 25.1. The lowest BCUT2D eigenvalue weighted by molar-refractivity contribution is -0.127. The lowest BCUT2D eigenvalue weighted by Crippen LogP contribution is -2.36. The molecule has 2 saturated carbocycles. The third-order valence-corrected chi connectivity index (χ3v) is 7.97. The van der Waals surface area contributed by atoms with Gasteiger partial charge in [-0.2, -0.15) is 0 Å². The molecule has 3 aliphatic carbocycles. The maximum atomic E-state index is 12.3. The molecule has 190 valence electrons. The zero-order valence-corrected chi connectivity index (χ0v) is 21.8. The number of allylic oxidation sites excluding steroid dienone is 4. The topological polar surface area (TPSA) is 78.8 Å². The van der Waals surface area contributed by atoms with Gasteiger partial charge in [-0.15, -0.1) is 0 Å². The van der Waals surface area contributed by atoms with E-state index in [1.807, 2.05) is 0 Å². The minimum Gasteiger partial charge on any atom is -0.393 e. The van der Waals surface area contributed by atoms with Crippen molar-refractivity contribution >= 4 is 5.91 Å². The molecule has 1 unspecified atom stereocenters. The van der Waals surface area contributed by atoms with Crippen molar-refractivity contribution in [3.8, 4) is 0 Å². The summed E-state index contributed by atoms with van der Waals surface area (Å²) in [5.74, 6) is 0.371. The van der Waals surface area contributed by atoms with Crippen molar-refractivity contribution in [3.05, 3.63) is 47.1 Å². The highest BCUT2D eigenvalue weighted by atomic mass is 16.5. The first kappa shape index (κ1) is 26.9. The summed E-state index contributed by atoms with van der Waals surface area (Å²) in [5, 5.41) is 23.2. The van der Waals surface area contributed by atoms with E-state index in [4.69, 9.17) is 4.74 Å². The minimum absolute atomic E-state index is 0.0350. The number of ether oxygens (including phenoxy) is 1. The summed E-state index contributed by atoms with van der Waals surface area (Å²) in [6, 6.07) is 0. The van der Waals surface area contributed by atoms with Crippen LogP contribution in [0.1, 0.15) is 79.6 Å². The van der Waals surface area contributed by atoms with Crippen molar-refractivity contribution in [1.29, 1.82) is 0 Å². The summed E-state index contributed by atoms with van der Waals surface area (Å²) in [7, 11) is 0. The molecule has 2 fully saturated rings. The van der Waals surface area contributed by atoms with Gasteiger partial charge in [0.25, 0.3) is 0 Å². The van der Waals surface area contributed by atoms with Gasteiger partial charge in [-0.1, -0.05) is 58.1 Å². The molecule has 0 radical (unpaired) electrons. The van der Waals surface area contributed by atoms with Crippen LogP contribution in [0, 0.1) is 16.7 Å². The average molecular weight is 472 g/mol. The molecule has 5 atom stereocenters. The van der Waals surface area contributed by atoms with Gasteiger partial charge in [0.1, 0.15) is 6.61 Å². The molecule has 3 aliphatic rings. The molecule has 0 aromatic rings. The minimum atomic E-state index is -0.659. The predicted octanol–water partition coefficient (Wildman–Crippen LogP) is 5.01. The number of amides is 1. The van der Waals surface area contributed by atoms with Crippen LogP contribution < -0.4 is 5.32 Å². The molecule has 5 heteroatoms. The SMILES string of the molecule is C=C1/C(=C\C=C2/CCC[C@]3(C)C([C@H](C)OCC(=O)NCCC(C)(C)C)=CCC23)C[C@@H](O)C[C@@H]1O. The van der Waals surface area contributed by atoms with Crippen LogP contribution in [0.4, 0.5) is 0 Å². The van der Waals surface area contributed by atoms with Gasteiger partial charge in [0.15, 0.2) is 0 Å². The van der Waals surface area contributed by atoms with Crippen LogP contribution in [0.25, 0.3) is 0 Å². The van der Waals surface area contributed by atoms with Crippen molar-refractivity contribution in [2.24, 2.45) is 16.7 Å². The first-order chi connectivity index (χ1) is 15.9. The van der Waals surface area contributed by atoms with E-state index in [1.54, 1.807) is 0 Å². The summed E-state index contributed by atoms with van der Waals surface area (Å²) >= 11 is 0. The lowest BCUT2D eigenvalue weighted by Gasteiger charge is -2.42. The summed E-state index contributed by atoms with van der Waals surface area (Å²) in [6.07, 6.45) is 11.5. The van der Waals surface area contributed by atoms with Gasteiger partial charge < -0.3 is 20.3 Å². The Morgan fingerprint density at radius 3 is 2.79 bits per heavy atom. The van der Waals surface area contributed by atoms with Crippen molar-refractivity contribution in [2.45, 2.75) is 97.9 Å². The molecular weight excluding hydrogens is 426 g/mol. The summed E-state index contributed by atoms with van der Waals surface area (Å²) < 4.78 is 6.03. The third kappa shape index (κ3) is 6.50. The molecule has 5 nitrogen and oxygen atoms in total. The van der Waals surface area contributed by atoms with E-state index >= 15 is 0 Å². The number of aliphatic hydroxyl groups is 2. The van der Waals surface area contributed by atoms with E-state index in [-0.39, 0.29) is 29.4 Å². The van der Waals surface area contributed by atoms with Crippen molar-refractivity contribution < 1.29 is 19.7 Å². The molecule has 0 bridgehead atoms. The fourth-order valence-electron chi connectivity index (χ4n) is 5.87. The highest BCUT2D eigenvalue weighted by Gasteiger charge is 2.46. The number of hydrogen-bond acceptors (Lipinski definition) is 4. The van der Waals surface area contributed by atoms with Crippen LogP contribution in [0.2, 0.25) is 0 Å². The molecule has 1 amide bonds. The molecule has 3 rings (SSSR count). The van der Waals surface area contributed by atoms with Crippen molar-refractivity contribution in [2.75, 3.05) is 13.2 Å². The Labute approximate surface area is 206 Å². The van der Waals surface area contributed by atoms with Gasteiger partial charge >= 0.3 is 0 Å². The molecule has 0 heterocycles. The Morgan fingerprint density at radius 1 is 1.35 bits per heavy atom. The number of rotatable bonds is 7. The molecule has 3 N–H and O–H groups in total. The van der Waals surface area contributed by atoms with E-state index in [1.165, 1.54) is 11.1 Å². The quantitative estimate of drug-likeness (QED) is 0.456. The van der Waals surface area contributed by atoms with Crippen molar-refractivity contribution in [3.63, 3.8) is 0 Å². The van der Waals surface area contributed by atoms with Gasteiger partial charge in [-0.05, 0) is 78.9 Å². The number of fused-ring (bicyclic) bond motifs is 1. The average Bonchev–Trinajstić information content (AvgIpc) is 3.10. The number of aliphatic hydroxyl groups excluding tert-OH is 2. The number of hydrogen-bond donors (Lipinski definition) is 3. The van der Waals surface area contributed by atoms with Crippen LogP contribution in [0.5, 0.6) is 0 Å². The van der Waals surface area contributed by atoms with Gasteiger partial charge in [0.2, 0.25) is 5.91 Å². The molecular formula is C29H45NO4. The smallest absolute Gasteiger partial charge is 0.246 e. The fraction of sp³-hybridized carbons (Fsp3) is 0.690. The highest BCUT2D eigenvalue weighted by molar-refractivity contribution is 5.77. The molecule has 34 heavy (non-hydrogen) atoms. The Kier molecular flexibility index (Phi) is 8.65. The van der Waals surface area contributed by atoms with E-state index < -0.39 is 12.2 Å². The largest absolute Gasteiger partial charge is 0.393 e. The Balaban J connectivity index is 1.61. The second-order valence-electron chi connectivity index (χ2n) is 11.9. The zero-order valence-electron chi connectivity index (χ0n) is 21.8. The highest BCUT2D eigenvalue weighted by Crippen LogP contribution is 2.55. The van der Waals surface area contributed by atoms with Gasteiger partial charge in [0, 0.05) is 13.0 Å². The molecule has 0 spiro atoms. The Hall–Kier alpha value is -1.69. The summed E-state index contributed by atoms with van der Waals surface area (Å²) in [6.45, 7) is 15.7. The monoisotopic (exact) mass is 471 g/mol. The standard InChI is InChI=1S/C29H45NO4/c1-19-22(16-23(31)17-26(19)32)10-9-21-8-7-13-29(6)24(11-12-25(21)29)20(2)34-18-27(33)30-15-14-28(3,4)5/h9-11,20,23,25-26,31-32H,1,7-8,12-18H2,2-6H3,(H,30,33)/b21-9+,22-10-/t20-,23+,25?,26-,29+/m0/s1. The maximum Gasteiger partial charge on any atom is 0.246 e. The molecule has 0 aromatic heterocycles. The first-order valence-corrected chi connectivity index (χ1v) is 12.9. The van der Waals surface area contributed by atoms with Gasteiger partial charge in [-0.25, -0.2) is 0 Å². The van der Waals surface area contributed by atoms with Crippen LogP contribution in [0.15, 0.2) is 47.1 Å². The van der Waals surface area contributed by atoms with Crippen molar-refractivity contribution in [1.82, 2.24) is 5.32 Å². The van der Waals surface area contributed by atoms with Gasteiger partial charge in [-0.3, -0.25) is 4.79 Å². The number of carbonyl (C=O) groups excluding carboxylic acids is 1.